The predicted octanol–water partition coefficient (Wildman–Crippen LogP) is 5.23. The number of hydrogen-bond donors (Lipinski definition) is 1. The number of alkyl carbamates (subject to hydrolysis) is 1. The van der Waals surface area contributed by atoms with E-state index in [1.807, 2.05) is 39.0 Å². The molecule has 0 aliphatic carbocycles. The van der Waals surface area contributed by atoms with Crippen molar-refractivity contribution >= 4 is 6.09 Å². The molecule has 3 heteroatoms. The molecule has 0 radical (unpaired) electrons. The highest BCUT2D eigenvalue weighted by Gasteiger charge is 2.18. The Morgan fingerprint density at radius 2 is 1.69 bits per heavy atom. The third-order valence-corrected chi connectivity index (χ3v) is 3.84. The molecule has 0 aromatic heterocycles. The number of aryl methyl sites for hydroxylation is 1. The van der Waals surface area contributed by atoms with Crippen molar-refractivity contribution in [2.45, 2.75) is 52.2 Å². The fourth-order valence-electron chi connectivity index (χ4n) is 2.59. The van der Waals surface area contributed by atoms with E-state index in [0.717, 1.165) is 12.8 Å². The molecule has 1 amide bonds. The first-order chi connectivity index (χ1) is 12.3. The van der Waals surface area contributed by atoms with E-state index in [4.69, 9.17) is 4.74 Å². The Kier molecular flexibility index (Phi) is 7.02. The highest BCUT2D eigenvalue weighted by atomic mass is 16.6. The second-order valence-corrected chi connectivity index (χ2v) is 7.56. The van der Waals surface area contributed by atoms with Crippen LogP contribution in [0.15, 0.2) is 66.7 Å². The summed E-state index contributed by atoms with van der Waals surface area (Å²) in [5.41, 5.74) is 3.18. The molecular formula is C23H29NO2. The number of benzene rings is 2. The van der Waals surface area contributed by atoms with Gasteiger partial charge in [-0.05, 0) is 51.7 Å². The first-order valence-corrected chi connectivity index (χ1v) is 9.07. The molecule has 0 fully saturated rings. The Balaban J connectivity index is 2.02. The fourth-order valence-corrected chi connectivity index (χ4v) is 2.59. The van der Waals surface area contributed by atoms with Gasteiger partial charge in [0.2, 0.25) is 0 Å². The van der Waals surface area contributed by atoms with Crippen molar-refractivity contribution in [3.8, 4) is 0 Å². The normalized spacial score (nSPS) is 12.8. The van der Waals surface area contributed by atoms with Crippen molar-refractivity contribution in [3.63, 3.8) is 0 Å². The molecule has 3 nitrogen and oxygen atoms in total. The van der Waals surface area contributed by atoms with Crippen LogP contribution in [0.25, 0.3) is 0 Å². The summed E-state index contributed by atoms with van der Waals surface area (Å²) in [7, 11) is 0. The minimum atomic E-state index is -0.507. The first-order valence-electron chi connectivity index (χ1n) is 9.07. The van der Waals surface area contributed by atoms with Gasteiger partial charge in [0.25, 0.3) is 0 Å². The molecule has 0 spiro atoms. The lowest BCUT2D eigenvalue weighted by Crippen LogP contribution is -2.39. The predicted molar refractivity (Wildman–Crippen MR) is 107 cm³/mol. The van der Waals surface area contributed by atoms with Crippen molar-refractivity contribution < 1.29 is 9.53 Å². The average molecular weight is 351 g/mol. The van der Waals surface area contributed by atoms with E-state index in [2.05, 4.69) is 60.8 Å². The minimum Gasteiger partial charge on any atom is -0.444 e. The number of hydrogen-bond acceptors (Lipinski definition) is 2. The van der Waals surface area contributed by atoms with E-state index in [1.54, 1.807) is 0 Å². The standard InChI is InChI=1S/C23H29NO2/c1-18-13-15-19(16-14-18)11-8-12-21(17-20-9-6-5-7-10-20)24-22(25)26-23(2,3)4/h5-10,12-16,21H,11,17H2,1-4H3,(H,24,25). The van der Waals surface area contributed by atoms with Crippen LogP contribution in [0, 0.1) is 6.92 Å². The number of nitrogens with one attached hydrogen (secondary N) is 1. The number of ether oxygens (including phenoxy) is 1. The highest BCUT2D eigenvalue weighted by molar-refractivity contribution is 5.68. The summed E-state index contributed by atoms with van der Waals surface area (Å²) in [6, 6.07) is 18.5. The smallest absolute Gasteiger partial charge is 0.408 e. The van der Waals surface area contributed by atoms with E-state index in [-0.39, 0.29) is 6.04 Å². The fraction of sp³-hybridized carbons (Fsp3) is 0.348. The Labute approximate surface area is 157 Å². The van der Waals surface area contributed by atoms with Gasteiger partial charge in [-0.2, -0.15) is 0 Å². The second-order valence-electron chi connectivity index (χ2n) is 7.56. The average Bonchev–Trinajstić information content (AvgIpc) is 2.56. The van der Waals surface area contributed by atoms with Gasteiger partial charge in [0, 0.05) is 0 Å². The lowest BCUT2D eigenvalue weighted by atomic mass is 10.0. The van der Waals surface area contributed by atoms with Gasteiger partial charge in [0.05, 0.1) is 6.04 Å². The molecule has 1 N–H and O–H groups in total. The minimum absolute atomic E-state index is 0.113. The molecule has 0 aliphatic heterocycles. The van der Waals surface area contributed by atoms with Crippen LogP contribution in [0.3, 0.4) is 0 Å². The number of amides is 1. The van der Waals surface area contributed by atoms with Gasteiger partial charge in [0.15, 0.2) is 0 Å². The van der Waals surface area contributed by atoms with Gasteiger partial charge in [-0.3, -0.25) is 0 Å². The quantitative estimate of drug-likeness (QED) is 0.724. The van der Waals surface area contributed by atoms with Crippen molar-refractivity contribution in [2.24, 2.45) is 0 Å². The van der Waals surface area contributed by atoms with E-state index < -0.39 is 11.7 Å². The molecule has 138 valence electrons. The molecule has 1 atom stereocenters. The van der Waals surface area contributed by atoms with E-state index in [0.29, 0.717) is 0 Å². The summed E-state index contributed by atoms with van der Waals surface area (Å²) in [6.07, 6.45) is 5.33. The van der Waals surface area contributed by atoms with Gasteiger partial charge in [-0.1, -0.05) is 72.3 Å². The molecule has 0 heterocycles. The summed E-state index contributed by atoms with van der Waals surface area (Å²) >= 11 is 0. The van der Waals surface area contributed by atoms with Crippen LogP contribution in [0.4, 0.5) is 4.79 Å². The molecule has 0 aliphatic rings. The molecule has 26 heavy (non-hydrogen) atoms. The van der Waals surface area contributed by atoms with Crippen molar-refractivity contribution in [2.75, 3.05) is 0 Å². The Bertz CT molecular complexity index is 712. The second kappa shape index (κ2) is 9.23. The maximum absolute atomic E-state index is 12.2. The van der Waals surface area contributed by atoms with Crippen LogP contribution >= 0.6 is 0 Å². The van der Waals surface area contributed by atoms with Gasteiger partial charge < -0.3 is 10.1 Å². The van der Waals surface area contributed by atoms with E-state index in [1.165, 1.54) is 16.7 Å². The Morgan fingerprint density at radius 3 is 2.31 bits per heavy atom. The number of allylic oxidation sites excluding steroid dienone is 1. The van der Waals surface area contributed by atoms with Crippen LogP contribution in [0.1, 0.15) is 37.5 Å². The molecule has 0 saturated heterocycles. The zero-order valence-electron chi connectivity index (χ0n) is 16.2. The largest absolute Gasteiger partial charge is 0.444 e. The number of carbonyl (C=O) groups excluding carboxylic acids is 1. The number of rotatable bonds is 6. The summed E-state index contributed by atoms with van der Waals surface area (Å²) in [5.74, 6) is 0. The lowest BCUT2D eigenvalue weighted by Gasteiger charge is -2.22. The van der Waals surface area contributed by atoms with Crippen molar-refractivity contribution in [3.05, 3.63) is 83.4 Å². The summed E-state index contributed by atoms with van der Waals surface area (Å²) in [6.45, 7) is 7.68. The van der Waals surface area contributed by atoms with Crippen LogP contribution in [0.2, 0.25) is 0 Å². The van der Waals surface area contributed by atoms with E-state index in [9.17, 15) is 4.79 Å². The Morgan fingerprint density at radius 1 is 1.04 bits per heavy atom. The van der Waals surface area contributed by atoms with Crippen molar-refractivity contribution in [1.82, 2.24) is 5.32 Å². The maximum atomic E-state index is 12.2. The Hall–Kier alpha value is -2.55. The van der Waals surface area contributed by atoms with Crippen LogP contribution < -0.4 is 5.32 Å². The monoisotopic (exact) mass is 351 g/mol. The SMILES string of the molecule is Cc1ccc(CC=CC(Cc2ccccc2)NC(=O)OC(C)(C)C)cc1. The van der Waals surface area contributed by atoms with Crippen LogP contribution in [0.5, 0.6) is 0 Å². The zero-order chi connectivity index (χ0) is 19.0. The maximum Gasteiger partial charge on any atom is 0.408 e. The van der Waals surface area contributed by atoms with Gasteiger partial charge >= 0.3 is 6.09 Å². The molecule has 2 rings (SSSR count). The molecule has 2 aromatic rings. The van der Waals surface area contributed by atoms with Crippen molar-refractivity contribution in [1.29, 1.82) is 0 Å². The van der Waals surface area contributed by atoms with Crippen LogP contribution in [-0.2, 0) is 17.6 Å². The molecule has 0 bridgehead atoms. The van der Waals surface area contributed by atoms with Gasteiger partial charge in [0.1, 0.15) is 5.60 Å². The van der Waals surface area contributed by atoms with E-state index >= 15 is 0 Å². The lowest BCUT2D eigenvalue weighted by molar-refractivity contribution is 0.0514. The van der Waals surface area contributed by atoms with Gasteiger partial charge in [-0.15, -0.1) is 0 Å². The zero-order valence-corrected chi connectivity index (χ0v) is 16.2. The third-order valence-electron chi connectivity index (χ3n) is 3.84. The summed E-state index contributed by atoms with van der Waals surface area (Å²) < 4.78 is 5.40. The third kappa shape index (κ3) is 7.56. The summed E-state index contributed by atoms with van der Waals surface area (Å²) in [5, 5.41) is 2.97. The molecule has 2 aromatic carbocycles. The van der Waals surface area contributed by atoms with Gasteiger partial charge in [-0.25, -0.2) is 4.79 Å². The van der Waals surface area contributed by atoms with Crippen LogP contribution in [-0.4, -0.2) is 17.7 Å². The molecular weight excluding hydrogens is 322 g/mol. The summed E-state index contributed by atoms with van der Waals surface area (Å²) in [4.78, 5) is 12.2. The molecule has 1 unspecified atom stereocenters. The number of carbonyl (C=O) groups is 1. The highest BCUT2D eigenvalue weighted by Crippen LogP contribution is 2.10. The first kappa shape index (κ1) is 19.8. The topological polar surface area (TPSA) is 38.3 Å². The molecule has 0 saturated carbocycles.